The molecule has 1 amide bonds. The van der Waals surface area contributed by atoms with Gasteiger partial charge in [0.1, 0.15) is 0 Å². The third kappa shape index (κ3) is 1.26. The van der Waals surface area contributed by atoms with E-state index in [1.54, 1.807) is 25.4 Å². The summed E-state index contributed by atoms with van der Waals surface area (Å²) in [7, 11) is 1.61. The molecule has 4 nitrogen and oxygen atoms in total. The molecular formula is C9H9N3O. The lowest BCUT2D eigenvalue weighted by atomic mass is 10.1. The van der Waals surface area contributed by atoms with E-state index >= 15 is 0 Å². The Morgan fingerprint density at radius 2 is 2.38 bits per heavy atom. The monoisotopic (exact) mass is 175 g/mol. The van der Waals surface area contributed by atoms with Crippen molar-refractivity contribution in [2.75, 3.05) is 7.05 Å². The SMILES string of the molecule is CNC(=O)c1ccc2cn[nH]c2c1. The van der Waals surface area contributed by atoms with E-state index < -0.39 is 0 Å². The molecule has 1 heterocycles. The summed E-state index contributed by atoms with van der Waals surface area (Å²) < 4.78 is 0. The molecule has 66 valence electrons. The largest absolute Gasteiger partial charge is 0.355 e. The number of hydrogen-bond acceptors (Lipinski definition) is 2. The lowest BCUT2D eigenvalue weighted by molar-refractivity contribution is 0.0963. The Kier molecular flexibility index (Phi) is 1.73. The molecule has 0 spiro atoms. The highest BCUT2D eigenvalue weighted by atomic mass is 16.1. The Morgan fingerprint density at radius 1 is 1.54 bits per heavy atom. The van der Waals surface area contributed by atoms with E-state index in [0.29, 0.717) is 5.56 Å². The minimum absolute atomic E-state index is 0.0866. The Balaban J connectivity index is 2.54. The van der Waals surface area contributed by atoms with Crippen LogP contribution in [0.25, 0.3) is 10.9 Å². The first-order valence-corrected chi connectivity index (χ1v) is 3.96. The molecule has 1 aromatic carbocycles. The number of amides is 1. The molecule has 0 aliphatic heterocycles. The molecule has 2 aromatic rings. The fourth-order valence-electron chi connectivity index (χ4n) is 1.22. The molecule has 0 aliphatic carbocycles. The molecule has 0 aliphatic rings. The zero-order valence-corrected chi connectivity index (χ0v) is 7.16. The fraction of sp³-hybridized carbons (Fsp3) is 0.111. The van der Waals surface area contributed by atoms with Crippen molar-refractivity contribution in [1.29, 1.82) is 0 Å². The van der Waals surface area contributed by atoms with Crippen molar-refractivity contribution in [3.8, 4) is 0 Å². The van der Waals surface area contributed by atoms with Crippen molar-refractivity contribution < 1.29 is 4.79 Å². The number of nitrogens with zero attached hydrogens (tertiary/aromatic N) is 1. The van der Waals surface area contributed by atoms with Crippen molar-refractivity contribution in [2.45, 2.75) is 0 Å². The first-order valence-electron chi connectivity index (χ1n) is 3.96. The van der Waals surface area contributed by atoms with E-state index in [0.717, 1.165) is 10.9 Å². The van der Waals surface area contributed by atoms with Crippen molar-refractivity contribution in [2.24, 2.45) is 0 Å². The van der Waals surface area contributed by atoms with Crippen LogP contribution in [0.1, 0.15) is 10.4 Å². The van der Waals surface area contributed by atoms with E-state index in [1.165, 1.54) is 0 Å². The Hall–Kier alpha value is -1.84. The normalized spacial score (nSPS) is 10.2. The van der Waals surface area contributed by atoms with Crippen LogP contribution in [-0.2, 0) is 0 Å². The molecule has 0 atom stereocenters. The van der Waals surface area contributed by atoms with Crippen LogP contribution in [0.15, 0.2) is 24.4 Å². The van der Waals surface area contributed by atoms with Gasteiger partial charge < -0.3 is 5.32 Å². The van der Waals surface area contributed by atoms with Crippen LogP contribution >= 0.6 is 0 Å². The van der Waals surface area contributed by atoms with E-state index in [1.807, 2.05) is 6.07 Å². The summed E-state index contributed by atoms with van der Waals surface area (Å²) in [5.74, 6) is -0.0866. The van der Waals surface area contributed by atoms with Crippen molar-refractivity contribution >= 4 is 16.8 Å². The van der Waals surface area contributed by atoms with E-state index in [4.69, 9.17) is 0 Å². The minimum atomic E-state index is -0.0866. The standard InChI is InChI=1S/C9H9N3O/c1-10-9(13)6-2-3-7-5-11-12-8(7)4-6/h2-5H,1H3,(H,10,13)(H,11,12). The number of hydrogen-bond donors (Lipinski definition) is 2. The molecule has 0 unspecified atom stereocenters. The number of fused-ring (bicyclic) bond motifs is 1. The Labute approximate surface area is 75.0 Å². The van der Waals surface area contributed by atoms with Gasteiger partial charge >= 0.3 is 0 Å². The van der Waals surface area contributed by atoms with Crippen LogP contribution in [0.4, 0.5) is 0 Å². The molecule has 0 saturated heterocycles. The maximum Gasteiger partial charge on any atom is 0.251 e. The number of benzene rings is 1. The summed E-state index contributed by atoms with van der Waals surface area (Å²) in [6, 6.07) is 5.42. The Bertz CT molecular complexity index is 447. The highest BCUT2D eigenvalue weighted by Gasteiger charge is 2.03. The van der Waals surface area contributed by atoms with Gasteiger partial charge in [0.05, 0.1) is 11.7 Å². The minimum Gasteiger partial charge on any atom is -0.355 e. The van der Waals surface area contributed by atoms with Gasteiger partial charge in [-0.3, -0.25) is 9.89 Å². The van der Waals surface area contributed by atoms with E-state index in [9.17, 15) is 4.79 Å². The zero-order chi connectivity index (χ0) is 9.26. The summed E-state index contributed by atoms with van der Waals surface area (Å²) in [5, 5.41) is 10.3. The van der Waals surface area contributed by atoms with Crippen LogP contribution in [0.5, 0.6) is 0 Å². The summed E-state index contributed by atoms with van der Waals surface area (Å²) in [6.45, 7) is 0. The van der Waals surface area contributed by atoms with Crippen molar-refractivity contribution in [3.63, 3.8) is 0 Å². The molecule has 0 saturated carbocycles. The van der Waals surface area contributed by atoms with Crippen LogP contribution in [-0.4, -0.2) is 23.2 Å². The maximum absolute atomic E-state index is 11.2. The highest BCUT2D eigenvalue weighted by molar-refractivity contribution is 5.97. The van der Waals surface area contributed by atoms with Crippen LogP contribution in [0, 0.1) is 0 Å². The summed E-state index contributed by atoms with van der Waals surface area (Å²) in [5.41, 5.74) is 1.51. The predicted octanol–water partition coefficient (Wildman–Crippen LogP) is 0.922. The number of nitrogens with one attached hydrogen (secondary N) is 2. The quantitative estimate of drug-likeness (QED) is 0.677. The van der Waals surface area contributed by atoms with Gasteiger partial charge in [-0.25, -0.2) is 0 Å². The first kappa shape index (κ1) is 7.79. The second-order valence-corrected chi connectivity index (χ2v) is 2.75. The summed E-state index contributed by atoms with van der Waals surface area (Å²) in [6.07, 6.45) is 1.73. The van der Waals surface area contributed by atoms with Gasteiger partial charge in [-0.15, -0.1) is 0 Å². The van der Waals surface area contributed by atoms with Gasteiger partial charge in [0.15, 0.2) is 0 Å². The number of aromatic nitrogens is 2. The summed E-state index contributed by atoms with van der Waals surface area (Å²) >= 11 is 0. The van der Waals surface area contributed by atoms with Gasteiger partial charge in [-0.1, -0.05) is 6.07 Å². The third-order valence-corrected chi connectivity index (χ3v) is 1.93. The average molecular weight is 175 g/mol. The van der Waals surface area contributed by atoms with E-state index in [-0.39, 0.29) is 5.91 Å². The predicted molar refractivity (Wildman–Crippen MR) is 49.5 cm³/mol. The Morgan fingerprint density at radius 3 is 3.15 bits per heavy atom. The molecule has 0 radical (unpaired) electrons. The molecular weight excluding hydrogens is 166 g/mol. The van der Waals surface area contributed by atoms with Gasteiger partial charge in [0.2, 0.25) is 0 Å². The van der Waals surface area contributed by atoms with Crippen LogP contribution in [0.3, 0.4) is 0 Å². The van der Waals surface area contributed by atoms with Crippen LogP contribution in [0.2, 0.25) is 0 Å². The number of carbonyl (C=O) groups is 1. The number of rotatable bonds is 1. The van der Waals surface area contributed by atoms with Gasteiger partial charge in [0, 0.05) is 18.0 Å². The second-order valence-electron chi connectivity index (χ2n) is 2.75. The highest BCUT2D eigenvalue weighted by Crippen LogP contribution is 2.12. The second kappa shape index (κ2) is 2.90. The molecule has 13 heavy (non-hydrogen) atoms. The molecule has 2 rings (SSSR count). The fourth-order valence-corrected chi connectivity index (χ4v) is 1.22. The number of carbonyl (C=O) groups excluding carboxylic acids is 1. The topological polar surface area (TPSA) is 57.8 Å². The molecule has 4 heteroatoms. The number of H-pyrrole nitrogens is 1. The third-order valence-electron chi connectivity index (χ3n) is 1.93. The lowest BCUT2D eigenvalue weighted by Crippen LogP contribution is -2.17. The summed E-state index contributed by atoms with van der Waals surface area (Å²) in [4.78, 5) is 11.2. The van der Waals surface area contributed by atoms with Crippen molar-refractivity contribution in [1.82, 2.24) is 15.5 Å². The van der Waals surface area contributed by atoms with E-state index in [2.05, 4.69) is 15.5 Å². The van der Waals surface area contributed by atoms with Gasteiger partial charge in [-0.05, 0) is 12.1 Å². The van der Waals surface area contributed by atoms with Crippen molar-refractivity contribution in [3.05, 3.63) is 30.0 Å². The first-order chi connectivity index (χ1) is 6.31. The number of aromatic amines is 1. The maximum atomic E-state index is 11.2. The average Bonchev–Trinajstić information content (AvgIpc) is 2.63. The van der Waals surface area contributed by atoms with Crippen LogP contribution < -0.4 is 5.32 Å². The van der Waals surface area contributed by atoms with Gasteiger partial charge in [0.25, 0.3) is 5.91 Å². The molecule has 1 aromatic heterocycles. The zero-order valence-electron chi connectivity index (χ0n) is 7.16. The molecule has 2 N–H and O–H groups in total. The lowest BCUT2D eigenvalue weighted by Gasteiger charge is -1.98. The smallest absolute Gasteiger partial charge is 0.251 e. The van der Waals surface area contributed by atoms with Gasteiger partial charge in [-0.2, -0.15) is 5.10 Å². The molecule has 0 fully saturated rings. The molecule has 0 bridgehead atoms.